The molecule has 0 bridgehead atoms. The van der Waals surface area contributed by atoms with E-state index in [1.807, 2.05) is 31.2 Å². The molecule has 1 unspecified atom stereocenters. The Balaban J connectivity index is 1.45. The number of halogens is 2. The standard InChI is InChI=1S/C36H53F2N5O8/c1-5-50-23-16-22-17-43(27(19-42(22)18-23)32(46)39-26-12-15-51-28-9-7-6-8-24(26)28)33(47)29(21-10-13-36(37,38)14-11-21)40-31(45)25(20-44)30(35(2,3)4)41-34(48)49/h6-9,21-23,25-27,29-30,41,44H,5,10-20H2,1-4H3,(H,39,46)(H,40,45)(H,48,49)/t22-,23-,25-,26-,27+,29+,30?/m1/s1. The third-order valence-corrected chi connectivity index (χ3v) is 10.9. The molecule has 3 heterocycles. The largest absolute Gasteiger partial charge is 0.493 e. The van der Waals surface area contributed by atoms with Crippen molar-refractivity contribution in [2.75, 3.05) is 39.5 Å². The van der Waals surface area contributed by atoms with Crippen LogP contribution in [0.1, 0.15) is 77.8 Å². The third-order valence-electron chi connectivity index (χ3n) is 10.9. The number of piperazine rings is 1. The average Bonchev–Trinajstić information content (AvgIpc) is 3.47. The fourth-order valence-corrected chi connectivity index (χ4v) is 8.22. The summed E-state index contributed by atoms with van der Waals surface area (Å²) in [4.78, 5) is 58.4. The lowest BCUT2D eigenvalue weighted by atomic mass is 9.77. The second-order valence-electron chi connectivity index (χ2n) is 15.4. The summed E-state index contributed by atoms with van der Waals surface area (Å²) >= 11 is 0. The fourth-order valence-electron chi connectivity index (χ4n) is 8.22. The monoisotopic (exact) mass is 721 g/mol. The molecule has 5 rings (SSSR count). The molecule has 13 nitrogen and oxygen atoms in total. The molecule has 1 aromatic carbocycles. The minimum absolute atomic E-state index is 0.0465. The van der Waals surface area contributed by atoms with Gasteiger partial charge in [0.25, 0.3) is 0 Å². The first kappa shape index (κ1) is 38.7. The molecule has 51 heavy (non-hydrogen) atoms. The number of carboxylic acid groups (broad SMARTS) is 1. The number of para-hydroxylation sites is 1. The molecule has 1 saturated carbocycles. The summed E-state index contributed by atoms with van der Waals surface area (Å²) < 4.78 is 40.5. The van der Waals surface area contributed by atoms with E-state index in [9.17, 15) is 38.2 Å². The summed E-state index contributed by atoms with van der Waals surface area (Å²) in [7, 11) is 0. The average molecular weight is 722 g/mol. The van der Waals surface area contributed by atoms with Gasteiger partial charge in [-0.3, -0.25) is 19.3 Å². The number of aliphatic hydroxyl groups is 1. The van der Waals surface area contributed by atoms with E-state index in [1.165, 1.54) is 4.90 Å². The molecule has 3 aliphatic heterocycles. The highest BCUT2D eigenvalue weighted by Gasteiger charge is 2.49. The van der Waals surface area contributed by atoms with Crippen molar-refractivity contribution in [1.29, 1.82) is 0 Å². The van der Waals surface area contributed by atoms with Crippen LogP contribution in [0, 0.1) is 17.3 Å². The molecule has 2 saturated heterocycles. The predicted octanol–water partition coefficient (Wildman–Crippen LogP) is 2.92. The van der Waals surface area contributed by atoms with E-state index in [1.54, 1.807) is 20.8 Å². The number of carbonyl (C=O) groups is 4. The van der Waals surface area contributed by atoms with Crippen molar-refractivity contribution in [2.45, 2.75) is 108 Å². The molecule has 0 aromatic heterocycles. The maximum absolute atomic E-state index is 14.9. The number of carbonyl (C=O) groups excluding carboxylic acids is 3. The molecule has 1 aromatic rings. The minimum atomic E-state index is -2.91. The lowest BCUT2D eigenvalue weighted by molar-refractivity contribution is -0.151. The van der Waals surface area contributed by atoms with Crippen molar-refractivity contribution in [3.63, 3.8) is 0 Å². The summed E-state index contributed by atoms with van der Waals surface area (Å²) in [5.74, 6) is -5.92. The smallest absolute Gasteiger partial charge is 0.404 e. The normalized spacial score (nSPS) is 26.8. The first-order valence-corrected chi connectivity index (χ1v) is 18.1. The Labute approximate surface area is 297 Å². The molecule has 7 atom stereocenters. The highest BCUT2D eigenvalue weighted by Crippen LogP contribution is 2.39. The molecule has 15 heteroatoms. The Bertz CT molecular complexity index is 1420. The van der Waals surface area contributed by atoms with Gasteiger partial charge in [-0.15, -0.1) is 0 Å². The zero-order valence-corrected chi connectivity index (χ0v) is 29.9. The lowest BCUT2D eigenvalue weighted by Crippen LogP contribution is -2.67. The van der Waals surface area contributed by atoms with Gasteiger partial charge in [0.15, 0.2) is 0 Å². The van der Waals surface area contributed by atoms with Crippen LogP contribution >= 0.6 is 0 Å². The fraction of sp³-hybridized carbons (Fsp3) is 0.722. The van der Waals surface area contributed by atoms with Gasteiger partial charge in [0.2, 0.25) is 23.6 Å². The van der Waals surface area contributed by atoms with Crippen molar-refractivity contribution in [3.8, 4) is 5.75 Å². The van der Waals surface area contributed by atoms with Crippen LogP contribution in [0.15, 0.2) is 24.3 Å². The summed E-state index contributed by atoms with van der Waals surface area (Å²) in [6.45, 7) is 8.21. The Kier molecular flexibility index (Phi) is 12.1. The zero-order chi connectivity index (χ0) is 37.1. The number of benzene rings is 1. The molecule has 284 valence electrons. The second-order valence-corrected chi connectivity index (χ2v) is 15.4. The molecule has 0 spiro atoms. The number of rotatable bonds is 11. The van der Waals surface area contributed by atoms with Crippen LogP contribution in [0.4, 0.5) is 13.6 Å². The number of hydrogen-bond acceptors (Lipinski definition) is 8. The first-order chi connectivity index (χ1) is 24.1. The van der Waals surface area contributed by atoms with E-state index in [0.29, 0.717) is 38.3 Å². The van der Waals surface area contributed by atoms with Gasteiger partial charge in [-0.25, -0.2) is 13.6 Å². The quantitative estimate of drug-likeness (QED) is 0.231. The molecule has 4 amide bonds. The maximum atomic E-state index is 14.9. The van der Waals surface area contributed by atoms with Crippen LogP contribution in [-0.2, 0) is 19.1 Å². The Morgan fingerprint density at radius 2 is 1.76 bits per heavy atom. The van der Waals surface area contributed by atoms with Crippen LogP contribution in [0.25, 0.3) is 0 Å². The molecular weight excluding hydrogens is 668 g/mol. The molecule has 5 N–H and O–H groups in total. The minimum Gasteiger partial charge on any atom is -0.493 e. The van der Waals surface area contributed by atoms with Gasteiger partial charge < -0.3 is 40.5 Å². The predicted molar refractivity (Wildman–Crippen MR) is 182 cm³/mol. The van der Waals surface area contributed by atoms with Crippen LogP contribution in [0.2, 0.25) is 0 Å². The number of aliphatic hydroxyl groups excluding tert-OH is 1. The van der Waals surface area contributed by atoms with E-state index in [0.717, 1.165) is 5.56 Å². The van der Waals surface area contributed by atoms with Crippen LogP contribution in [-0.4, -0.2) is 119 Å². The van der Waals surface area contributed by atoms with E-state index >= 15 is 0 Å². The van der Waals surface area contributed by atoms with Gasteiger partial charge in [0, 0.05) is 57.1 Å². The molecular formula is C36H53F2N5O8. The van der Waals surface area contributed by atoms with Crippen molar-refractivity contribution < 1.29 is 47.6 Å². The SMILES string of the molecule is CCO[C@@H]1C[C@@H]2CN(C(=O)[C@@H](NC(=O)[C@H](CO)C(NC(=O)O)C(C)(C)C)C3CCC(F)(F)CC3)[C@H](C(=O)N[C@@H]3CCOc4ccccc43)CN2C1. The van der Waals surface area contributed by atoms with Gasteiger partial charge in [0.05, 0.1) is 37.3 Å². The number of amides is 4. The van der Waals surface area contributed by atoms with E-state index in [2.05, 4.69) is 20.9 Å². The Morgan fingerprint density at radius 1 is 1.06 bits per heavy atom. The van der Waals surface area contributed by atoms with Gasteiger partial charge >= 0.3 is 6.09 Å². The number of nitrogens with zero attached hydrogens (tertiary/aromatic N) is 2. The van der Waals surface area contributed by atoms with Crippen LogP contribution in [0.3, 0.4) is 0 Å². The Morgan fingerprint density at radius 3 is 2.41 bits per heavy atom. The van der Waals surface area contributed by atoms with E-state index < -0.39 is 78.7 Å². The topological polar surface area (TPSA) is 170 Å². The number of ether oxygens (including phenoxy) is 2. The summed E-state index contributed by atoms with van der Waals surface area (Å²) in [6, 6.07) is 3.67. The first-order valence-electron chi connectivity index (χ1n) is 18.1. The Hall–Kier alpha value is -3.56. The van der Waals surface area contributed by atoms with Crippen molar-refractivity contribution in [1.82, 2.24) is 25.8 Å². The molecule has 3 fully saturated rings. The van der Waals surface area contributed by atoms with Crippen LogP contribution < -0.4 is 20.7 Å². The molecule has 0 radical (unpaired) electrons. The van der Waals surface area contributed by atoms with Gasteiger partial charge in [-0.05, 0) is 43.6 Å². The second kappa shape index (κ2) is 16.0. The number of alkyl halides is 2. The highest BCUT2D eigenvalue weighted by molar-refractivity contribution is 5.93. The van der Waals surface area contributed by atoms with Gasteiger partial charge in [-0.1, -0.05) is 39.0 Å². The highest BCUT2D eigenvalue weighted by atomic mass is 19.3. The maximum Gasteiger partial charge on any atom is 0.404 e. The summed E-state index contributed by atoms with van der Waals surface area (Å²) in [5.41, 5.74) is 0.0187. The van der Waals surface area contributed by atoms with Crippen molar-refractivity contribution >= 4 is 23.8 Å². The van der Waals surface area contributed by atoms with Gasteiger partial charge in [0.1, 0.15) is 17.8 Å². The van der Waals surface area contributed by atoms with Crippen molar-refractivity contribution in [3.05, 3.63) is 29.8 Å². The number of nitrogens with one attached hydrogen (secondary N) is 3. The van der Waals surface area contributed by atoms with Crippen LogP contribution in [0.5, 0.6) is 5.75 Å². The van der Waals surface area contributed by atoms with E-state index in [-0.39, 0.29) is 50.0 Å². The van der Waals surface area contributed by atoms with E-state index in [4.69, 9.17) is 9.47 Å². The lowest BCUT2D eigenvalue weighted by Gasteiger charge is -2.45. The number of fused-ring (bicyclic) bond motifs is 2. The van der Waals surface area contributed by atoms with Crippen molar-refractivity contribution in [2.24, 2.45) is 17.3 Å². The third kappa shape index (κ3) is 9.09. The number of hydrogen-bond donors (Lipinski definition) is 5. The van der Waals surface area contributed by atoms with Gasteiger partial charge in [-0.2, -0.15) is 0 Å². The zero-order valence-electron chi connectivity index (χ0n) is 29.9. The molecule has 1 aliphatic carbocycles. The molecule has 4 aliphatic rings. The summed E-state index contributed by atoms with van der Waals surface area (Å²) in [6.07, 6.45) is -1.34. The summed E-state index contributed by atoms with van der Waals surface area (Å²) in [5, 5.41) is 28.2.